The van der Waals surface area contributed by atoms with E-state index in [1.165, 1.54) is 6.92 Å². The molecule has 1 aliphatic heterocycles. The first kappa shape index (κ1) is 17.2. The smallest absolute Gasteiger partial charge is 0.231 e. The maximum atomic E-state index is 11.8. The summed E-state index contributed by atoms with van der Waals surface area (Å²) in [5, 5.41) is 14.9. The van der Waals surface area contributed by atoms with Crippen molar-refractivity contribution >= 4 is 45.1 Å². The molecule has 23 heavy (non-hydrogen) atoms. The Morgan fingerprint density at radius 3 is 2.35 bits per heavy atom. The van der Waals surface area contributed by atoms with Gasteiger partial charge < -0.3 is 9.90 Å². The first-order valence-corrected chi connectivity index (χ1v) is 8.61. The van der Waals surface area contributed by atoms with Gasteiger partial charge >= 0.3 is 0 Å². The molecule has 8 nitrogen and oxygen atoms in total. The lowest BCUT2D eigenvalue weighted by molar-refractivity contribution is -0.312. The topological polar surface area (TPSA) is 126 Å². The van der Waals surface area contributed by atoms with E-state index in [0.29, 0.717) is 10.6 Å². The van der Waals surface area contributed by atoms with Crippen molar-refractivity contribution in [2.75, 3.05) is 0 Å². The highest BCUT2D eigenvalue weighted by Crippen LogP contribution is 2.44. The minimum absolute atomic E-state index is 0.00773. The molecule has 1 saturated heterocycles. The zero-order chi connectivity index (χ0) is 17.0. The van der Waals surface area contributed by atoms with Crippen LogP contribution in [0.1, 0.15) is 19.8 Å². The van der Waals surface area contributed by atoms with Gasteiger partial charge in [0.1, 0.15) is 4.87 Å². The average molecular weight is 351 g/mol. The van der Waals surface area contributed by atoms with Crippen LogP contribution >= 0.6 is 21.6 Å². The summed E-state index contributed by atoms with van der Waals surface area (Å²) in [6.45, 7) is 1.27. The maximum Gasteiger partial charge on any atom is 0.231 e. The fraction of sp³-hybridized carbons (Fsp3) is 0.308. The van der Waals surface area contributed by atoms with Crippen molar-refractivity contribution in [1.29, 1.82) is 0 Å². The number of nitrogens with zero attached hydrogens (tertiary/aromatic N) is 4. The lowest BCUT2D eigenvalue weighted by atomic mass is 10.3. The second-order valence-electron chi connectivity index (χ2n) is 4.74. The normalized spacial score (nSPS) is 16.8. The van der Waals surface area contributed by atoms with E-state index >= 15 is 0 Å². The van der Waals surface area contributed by atoms with Gasteiger partial charge in [-0.2, -0.15) is 0 Å². The Bertz CT molecular complexity index is 686. The molecule has 0 N–H and O–H groups in total. The Morgan fingerprint density at radius 1 is 1.30 bits per heavy atom. The van der Waals surface area contributed by atoms with Crippen LogP contribution in [-0.4, -0.2) is 27.6 Å². The minimum atomic E-state index is -1.79. The van der Waals surface area contributed by atoms with Crippen LogP contribution in [0.3, 0.4) is 0 Å². The molecule has 1 heterocycles. The highest BCUT2D eigenvalue weighted by molar-refractivity contribution is 8.77. The van der Waals surface area contributed by atoms with Gasteiger partial charge in [-0.15, -0.1) is 0 Å². The van der Waals surface area contributed by atoms with Crippen LogP contribution in [0, 0.1) is 0 Å². The molecular formula is C13H11N4O4S2-. The molecule has 0 bridgehead atoms. The first-order valence-electron chi connectivity index (χ1n) is 6.46. The highest BCUT2D eigenvalue weighted by Gasteiger charge is 2.45. The standard InChI is InChI=1S/C13H12N4O4S2/c1-13(12(20)21,17-10(18)6-7-11(17)19)23-22-9-4-2-8(3-5-9)15-16-14/h2-5H,6-7H2,1H3,(H,20,21)/p-1. The van der Waals surface area contributed by atoms with Gasteiger partial charge in [0.15, 0.2) is 0 Å². The molecule has 1 atom stereocenters. The molecule has 0 spiro atoms. The van der Waals surface area contributed by atoms with Gasteiger partial charge in [-0.25, -0.2) is 0 Å². The molecule has 0 aromatic heterocycles. The SMILES string of the molecule is CC(SSc1ccc(N=[N+]=[N-])cc1)(C(=O)[O-])N1C(=O)CCC1=O. The Kier molecular flexibility index (Phi) is 5.19. The molecule has 120 valence electrons. The van der Waals surface area contributed by atoms with Crippen LogP contribution in [0.25, 0.3) is 10.4 Å². The number of rotatable bonds is 6. The average Bonchev–Trinajstić information content (AvgIpc) is 2.86. The van der Waals surface area contributed by atoms with Crippen molar-refractivity contribution in [3.63, 3.8) is 0 Å². The Labute approximate surface area is 139 Å². The summed E-state index contributed by atoms with van der Waals surface area (Å²) in [6.07, 6.45) is 0.0155. The zero-order valence-electron chi connectivity index (χ0n) is 12.0. The lowest BCUT2D eigenvalue weighted by Crippen LogP contribution is -2.57. The summed E-state index contributed by atoms with van der Waals surface area (Å²) in [6, 6.07) is 6.44. The van der Waals surface area contributed by atoms with E-state index < -0.39 is 22.7 Å². The third-order valence-electron chi connectivity index (χ3n) is 3.15. The van der Waals surface area contributed by atoms with Crippen molar-refractivity contribution < 1.29 is 19.5 Å². The number of azide groups is 1. The van der Waals surface area contributed by atoms with Gasteiger partial charge in [0.25, 0.3) is 0 Å². The van der Waals surface area contributed by atoms with Crippen molar-refractivity contribution in [1.82, 2.24) is 4.90 Å². The predicted molar refractivity (Wildman–Crippen MR) is 83.2 cm³/mol. The molecule has 1 aromatic rings. The maximum absolute atomic E-state index is 11.8. The van der Waals surface area contributed by atoms with E-state index in [1.807, 2.05) is 0 Å². The molecule has 2 rings (SSSR count). The largest absolute Gasteiger partial charge is 0.547 e. The molecule has 0 aliphatic carbocycles. The van der Waals surface area contributed by atoms with Gasteiger partial charge in [-0.3, -0.25) is 14.5 Å². The van der Waals surface area contributed by atoms with Gasteiger partial charge in [0.2, 0.25) is 11.8 Å². The quantitative estimate of drug-likeness (QED) is 0.253. The van der Waals surface area contributed by atoms with Crippen molar-refractivity contribution in [2.24, 2.45) is 5.11 Å². The summed E-state index contributed by atoms with van der Waals surface area (Å²) in [7, 11) is 1.93. The zero-order valence-corrected chi connectivity index (χ0v) is 13.6. The number of carboxylic acids is 1. The van der Waals surface area contributed by atoms with E-state index in [1.54, 1.807) is 24.3 Å². The minimum Gasteiger partial charge on any atom is -0.547 e. The number of carbonyl (C=O) groups excluding carboxylic acids is 3. The molecule has 1 unspecified atom stereocenters. The fourth-order valence-electron chi connectivity index (χ4n) is 1.96. The summed E-state index contributed by atoms with van der Waals surface area (Å²) in [4.78, 5) is 37.4. The van der Waals surface area contributed by atoms with Crippen LogP contribution in [0.5, 0.6) is 0 Å². The molecule has 1 aromatic carbocycles. The number of benzene rings is 1. The van der Waals surface area contributed by atoms with E-state index in [9.17, 15) is 19.5 Å². The van der Waals surface area contributed by atoms with Crippen LogP contribution in [0.2, 0.25) is 0 Å². The van der Waals surface area contributed by atoms with Crippen molar-refractivity contribution in [3.05, 3.63) is 34.7 Å². The van der Waals surface area contributed by atoms with Gasteiger partial charge in [0, 0.05) is 28.3 Å². The monoisotopic (exact) mass is 351 g/mol. The Hall–Kier alpha value is -2.16. The Balaban J connectivity index is 2.16. The first-order chi connectivity index (χ1) is 10.9. The number of carboxylic acid groups (broad SMARTS) is 1. The van der Waals surface area contributed by atoms with Gasteiger partial charge in [-0.05, 0) is 24.6 Å². The lowest BCUT2D eigenvalue weighted by Gasteiger charge is -2.36. The molecule has 1 fully saturated rings. The van der Waals surface area contributed by atoms with Crippen LogP contribution < -0.4 is 5.11 Å². The van der Waals surface area contributed by atoms with E-state index in [0.717, 1.165) is 26.5 Å². The van der Waals surface area contributed by atoms with Gasteiger partial charge in [0.05, 0.1) is 5.97 Å². The highest BCUT2D eigenvalue weighted by atomic mass is 33.1. The van der Waals surface area contributed by atoms with Crippen LogP contribution in [-0.2, 0) is 14.4 Å². The van der Waals surface area contributed by atoms with Crippen molar-refractivity contribution in [3.8, 4) is 0 Å². The van der Waals surface area contributed by atoms with E-state index in [-0.39, 0.29) is 12.8 Å². The molecular weight excluding hydrogens is 340 g/mol. The third-order valence-corrected chi connectivity index (χ3v) is 6.18. The number of aliphatic carboxylic acids is 1. The van der Waals surface area contributed by atoms with E-state index in [2.05, 4.69) is 10.0 Å². The number of hydrogen-bond donors (Lipinski definition) is 0. The van der Waals surface area contributed by atoms with Gasteiger partial charge in [-0.1, -0.05) is 38.8 Å². The Morgan fingerprint density at radius 2 is 1.87 bits per heavy atom. The number of carbonyl (C=O) groups is 3. The fourth-order valence-corrected chi connectivity index (χ4v) is 4.35. The van der Waals surface area contributed by atoms with Crippen LogP contribution in [0.4, 0.5) is 5.69 Å². The number of imide groups is 1. The summed E-state index contributed by atoms with van der Waals surface area (Å²) in [5.74, 6) is -2.55. The molecule has 0 saturated carbocycles. The third kappa shape index (κ3) is 3.61. The van der Waals surface area contributed by atoms with Crippen LogP contribution in [0.15, 0.2) is 34.3 Å². The van der Waals surface area contributed by atoms with Crippen molar-refractivity contribution in [2.45, 2.75) is 29.5 Å². The number of amides is 2. The summed E-state index contributed by atoms with van der Waals surface area (Å²) < 4.78 is 0. The molecule has 10 heteroatoms. The second-order valence-corrected chi connectivity index (χ2v) is 7.34. The molecule has 0 radical (unpaired) electrons. The molecule has 1 aliphatic rings. The molecule has 2 amide bonds. The second kappa shape index (κ2) is 6.95. The number of hydrogen-bond acceptors (Lipinski definition) is 7. The summed E-state index contributed by atoms with van der Waals surface area (Å²) >= 11 is 0. The predicted octanol–water partition coefficient (Wildman–Crippen LogP) is 1.98. The summed E-state index contributed by atoms with van der Waals surface area (Å²) in [5.41, 5.74) is 8.76. The number of likely N-dealkylation sites (tertiary alicyclic amines) is 1. The van der Waals surface area contributed by atoms with E-state index in [4.69, 9.17) is 5.53 Å².